The van der Waals surface area contributed by atoms with Crippen LogP contribution in [0.1, 0.15) is 29.5 Å². The van der Waals surface area contributed by atoms with Crippen molar-refractivity contribution in [2.45, 2.75) is 33.1 Å². The lowest BCUT2D eigenvalue weighted by molar-refractivity contribution is 0.150. The summed E-state index contributed by atoms with van der Waals surface area (Å²) < 4.78 is 0. The number of anilines is 1. The Morgan fingerprint density at radius 3 is 2.57 bits per heavy atom. The number of aryl methyl sites for hydroxylation is 2. The van der Waals surface area contributed by atoms with Crippen LogP contribution in [0.15, 0.2) is 48.5 Å². The van der Waals surface area contributed by atoms with Crippen LogP contribution in [0, 0.1) is 19.8 Å². The van der Waals surface area contributed by atoms with Crippen molar-refractivity contribution in [2.24, 2.45) is 5.92 Å². The van der Waals surface area contributed by atoms with E-state index in [1.807, 2.05) is 43.1 Å². The van der Waals surface area contributed by atoms with Gasteiger partial charge in [0.1, 0.15) is 0 Å². The maximum atomic E-state index is 12.6. The number of likely N-dealkylation sites (tertiary alicyclic amines) is 1. The van der Waals surface area contributed by atoms with E-state index in [4.69, 9.17) is 0 Å². The first-order chi connectivity index (χ1) is 13.5. The van der Waals surface area contributed by atoms with Gasteiger partial charge in [-0.3, -0.25) is 0 Å². The minimum Gasteiger partial charge on any atom is -0.327 e. The Morgan fingerprint density at radius 1 is 1.11 bits per heavy atom. The van der Waals surface area contributed by atoms with Crippen molar-refractivity contribution in [1.29, 1.82) is 0 Å². The van der Waals surface area contributed by atoms with Gasteiger partial charge in [-0.15, -0.1) is 0 Å². The number of nitrogens with one attached hydrogen (secondary N) is 1. The molecule has 1 saturated heterocycles. The van der Waals surface area contributed by atoms with Crippen LogP contribution in [0.3, 0.4) is 0 Å². The fourth-order valence-electron chi connectivity index (χ4n) is 4.07. The van der Waals surface area contributed by atoms with Crippen molar-refractivity contribution in [3.63, 3.8) is 0 Å². The predicted octanol–water partition coefficient (Wildman–Crippen LogP) is 4.72. The highest BCUT2D eigenvalue weighted by atomic mass is 16.2. The minimum absolute atomic E-state index is 0.0219. The quantitative estimate of drug-likeness (QED) is 0.788. The van der Waals surface area contributed by atoms with Gasteiger partial charge in [-0.25, -0.2) is 4.79 Å². The van der Waals surface area contributed by atoms with E-state index in [0.29, 0.717) is 5.92 Å². The second kappa shape index (κ2) is 9.74. The number of piperidine rings is 1. The van der Waals surface area contributed by atoms with E-state index in [0.717, 1.165) is 37.3 Å². The maximum absolute atomic E-state index is 12.6. The number of nitrogens with zero attached hydrogens (tertiary/aromatic N) is 2. The summed E-state index contributed by atoms with van der Waals surface area (Å²) >= 11 is 0. The van der Waals surface area contributed by atoms with Crippen LogP contribution in [-0.4, -0.2) is 49.1 Å². The smallest absolute Gasteiger partial charge is 0.321 e. The SMILES string of the molecule is Cc1ccccc1CCN1CCCC(CN(C)C(=O)Nc2ccccc2C)C1. The number of para-hydroxylation sites is 1. The maximum Gasteiger partial charge on any atom is 0.321 e. The normalized spacial score (nSPS) is 17.3. The Kier molecular flexibility index (Phi) is 7.10. The predicted molar refractivity (Wildman–Crippen MR) is 117 cm³/mol. The van der Waals surface area contributed by atoms with Gasteiger partial charge in [0.15, 0.2) is 0 Å². The average molecular weight is 380 g/mol. The Balaban J connectivity index is 1.48. The number of hydrogen-bond donors (Lipinski definition) is 1. The zero-order chi connectivity index (χ0) is 19.9. The van der Waals surface area contributed by atoms with Crippen LogP contribution >= 0.6 is 0 Å². The first-order valence-electron chi connectivity index (χ1n) is 10.4. The molecule has 3 rings (SSSR count). The third-order valence-electron chi connectivity index (χ3n) is 5.83. The van der Waals surface area contributed by atoms with Crippen molar-refractivity contribution in [3.05, 3.63) is 65.2 Å². The third kappa shape index (κ3) is 5.59. The second-order valence-corrected chi connectivity index (χ2v) is 8.11. The van der Waals surface area contributed by atoms with Crippen LogP contribution in [0.25, 0.3) is 0 Å². The Morgan fingerprint density at radius 2 is 1.82 bits per heavy atom. The van der Waals surface area contributed by atoms with E-state index in [2.05, 4.69) is 41.4 Å². The van der Waals surface area contributed by atoms with Crippen LogP contribution < -0.4 is 5.32 Å². The molecule has 28 heavy (non-hydrogen) atoms. The van der Waals surface area contributed by atoms with E-state index in [1.54, 1.807) is 0 Å². The average Bonchev–Trinajstić information content (AvgIpc) is 2.69. The zero-order valence-corrected chi connectivity index (χ0v) is 17.4. The molecule has 1 aliphatic heterocycles. The number of rotatable bonds is 6. The Hall–Kier alpha value is -2.33. The molecule has 0 radical (unpaired) electrons. The van der Waals surface area contributed by atoms with Gasteiger partial charge in [0.2, 0.25) is 0 Å². The van der Waals surface area contributed by atoms with Crippen molar-refractivity contribution in [2.75, 3.05) is 38.5 Å². The van der Waals surface area contributed by atoms with Crippen molar-refractivity contribution in [3.8, 4) is 0 Å². The molecular weight excluding hydrogens is 346 g/mol. The first kappa shape index (κ1) is 20.4. The standard InChI is InChI=1S/C24H33N3O/c1-19-9-4-6-12-22(19)14-16-27-15-8-11-21(18-27)17-26(3)24(28)25-23-13-7-5-10-20(23)2/h4-7,9-10,12-13,21H,8,11,14-18H2,1-3H3,(H,25,28). The summed E-state index contributed by atoms with van der Waals surface area (Å²) in [6.07, 6.45) is 3.51. The largest absolute Gasteiger partial charge is 0.327 e. The third-order valence-corrected chi connectivity index (χ3v) is 5.83. The molecule has 2 aromatic carbocycles. The summed E-state index contributed by atoms with van der Waals surface area (Å²) in [6, 6.07) is 16.6. The fourth-order valence-corrected chi connectivity index (χ4v) is 4.07. The molecular formula is C24H33N3O. The molecule has 2 aromatic rings. The zero-order valence-electron chi connectivity index (χ0n) is 17.4. The van der Waals surface area contributed by atoms with Gasteiger partial charge in [0.05, 0.1) is 0 Å². The van der Waals surface area contributed by atoms with Crippen LogP contribution in [0.4, 0.5) is 10.5 Å². The van der Waals surface area contributed by atoms with E-state index in [1.165, 1.54) is 30.5 Å². The van der Waals surface area contributed by atoms with Crippen LogP contribution in [0.5, 0.6) is 0 Å². The molecule has 0 spiro atoms. The molecule has 0 aliphatic carbocycles. The molecule has 2 amide bonds. The molecule has 4 nitrogen and oxygen atoms in total. The molecule has 1 fully saturated rings. The van der Waals surface area contributed by atoms with Gasteiger partial charge in [0, 0.05) is 32.4 Å². The number of hydrogen-bond acceptors (Lipinski definition) is 2. The van der Waals surface area contributed by atoms with Crippen LogP contribution in [0.2, 0.25) is 0 Å². The molecule has 4 heteroatoms. The molecule has 1 heterocycles. The van der Waals surface area contributed by atoms with E-state index in [9.17, 15) is 4.79 Å². The number of amides is 2. The molecule has 0 aromatic heterocycles. The summed E-state index contributed by atoms with van der Waals surface area (Å²) in [5.41, 5.74) is 4.80. The van der Waals surface area contributed by atoms with Crippen molar-refractivity contribution in [1.82, 2.24) is 9.80 Å². The lowest BCUT2D eigenvalue weighted by Crippen LogP contribution is -2.43. The molecule has 0 saturated carbocycles. The van der Waals surface area contributed by atoms with Gasteiger partial charge in [-0.1, -0.05) is 42.5 Å². The van der Waals surface area contributed by atoms with Gasteiger partial charge >= 0.3 is 6.03 Å². The van der Waals surface area contributed by atoms with E-state index < -0.39 is 0 Å². The Bertz CT molecular complexity index is 789. The minimum atomic E-state index is -0.0219. The Labute approximate surface area is 169 Å². The van der Waals surface area contributed by atoms with Crippen LogP contribution in [-0.2, 0) is 6.42 Å². The first-order valence-corrected chi connectivity index (χ1v) is 10.4. The summed E-state index contributed by atoms with van der Waals surface area (Å²) in [5.74, 6) is 0.540. The number of carbonyl (C=O) groups is 1. The van der Waals surface area contributed by atoms with Gasteiger partial charge < -0.3 is 15.1 Å². The molecule has 1 N–H and O–H groups in total. The highest BCUT2D eigenvalue weighted by Gasteiger charge is 2.22. The molecule has 1 atom stereocenters. The van der Waals surface area contributed by atoms with Crippen molar-refractivity contribution >= 4 is 11.7 Å². The molecule has 1 aliphatic rings. The second-order valence-electron chi connectivity index (χ2n) is 8.11. The fraction of sp³-hybridized carbons (Fsp3) is 0.458. The molecule has 0 bridgehead atoms. The number of urea groups is 1. The topological polar surface area (TPSA) is 35.6 Å². The summed E-state index contributed by atoms with van der Waals surface area (Å²) in [5, 5.41) is 3.04. The lowest BCUT2D eigenvalue weighted by Gasteiger charge is -2.34. The lowest BCUT2D eigenvalue weighted by atomic mass is 9.97. The monoisotopic (exact) mass is 379 g/mol. The summed E-state index contributed by atoms with van der Waals surface area (Å²) in [4.78, 5) is 17.0. The summed E-state index contributed by atoms with van der Waals surface area (Å²) in [7, 11) is 1.90. The highest BCUT2D eigenvalue weighted by molar-refractivity contribution is 5.89. The van der Waals surface area contributed by atoms with Gasteiger partial charge in [-0.2, -0.15) is 0 Å². The van der Waals surface area contributed by atoms with Gasteiger partial charge in [-0.05, 0) is 68.3 Å². The number of benzene rings is 2. The molecule has 1 unspecified atom stereocenters. The number of carbonyl (C=O) groups excluding carboxylic acids is 1. The molecule has 150 valence electrons. The summed E-state index contributed by atoms with van der Waals surface area (Å²) in [6.45, 7) is 8.36. The highest BCUT2D eigenvalue weighted by Crippen LogP contribution is 2.19. The van der Waals surface area contributed by atoms with E-state index in [-0.39, 0.29) is 6.03 Å². The van der Waals surface area contributed by atoms with E-state index >= 15 is 0 Å². The van der Waals surface area contributed by atoms with Crippen molar-refractivity contribution < 1.29 is 4.79 Å². The van der Waals surface area contributed by atoms with Gasteiger partial charge in [0.25, 0.3) is 0 Å².